The number of hydrogen-bond donors (Lipinski definition) is 2. The van der Waals surface area contributed by atoms with Crippen LogP contribution in [0.1, 0.15) is 12.5 Å². The lowest BCUT2D eigenvalue weighted by Gasteiger charge is -2.28. The number of hydrogen-bond acceptors (Lipinski definition) is 6. The summed E-state index contributed by atoms with van der Waals surface area (Å²) in [6, 6.07) is 16.1. The molecular formula is C22H24N4O5S2. The van der Waals surface area contributed by atoms with Gasteiger partial charge in [-0.15, -0.1) is 0 Å². The van der Waals surface area contributed by atoms with Crippen LogP contribution in [0.15, 0.2) is 77.8 Å². The van der Waals surface area contributed by atoms with Crippen molar-refractivity contribution in [1.82, 2.24) is 4.98 Å². The van der Waals surface area contributed by atoms with Gasteiger partial charge in [0.1, 0.15) is 11.9 Å². The molecular weight excluding hydrogens is 464 g/mol. The van der Waals surface area contributed by atoms with Gasteiger partial charge < -0.3 is 5.32 Å². The first-order valence-electron chi connectivity index (χ1n) is 9.88. The van der Waals surface area contributed by atoms with Crippen LogP contribution in [0.4, 0.5) is 17.2 Å². The van der Waals surface area contributed by atoms with Crippen molar-refractivity contribution < 1.29 is 21.6 Å². The molecule has 0 radical (unpaired) electrons. The minimum absolute atomic E-state index is 0.0170. The van der Waals surface area contributed by atoms with E-state index in [2.05, 4.69) is 15.0 Å². The third-order valence-corrected chi connectivity index (χ3v) is 7.33. The number of nitrogens with zero attached hydrogens (tertiary/aromatic N) is 2. The van der Waals surface area contributed by atoms with Gasteiger partial charge in [0, 0.05) is 11.9 Å². The normalized spacial score (nSPS) is 12.6. The van der Waals surface area contributed by atoms with Crippen LogP contribution >= 0.6 is 0 Å². The van der Waals surface area contributed by atoms with Crippen LogP contribution in [0.25, 0.3) is 0 Å². The Kier molecular flexibility index (Phi) is 7.04. The predicted molar refractivity (Wildman–Crippen MR) is 128 cm³/mol. The van der Waals surface area contributed by atoms with Crippen molar-refractivity contribution in [3.8, 4) is 0 Å². The molecule has 0 spiro atoms. The Bertz CT molecular complexity index is 1330. The SMILES string of the molecule is Cc1ccc(N(C(C)C(=O)Nc2ccc(S(=O)(=O)Nc3ccccn3)cc2)S(C)(=O)=O)cc1. The summed E-state index contributed by atoms with van der Waals surface area (Å²) >= 11 is 0. The molecule has 33 heavy (non-hydrogen) atoms. The summed E-state index contributed by atoms with van der Waals surface area (Å²) in [6.07, 6.45) is 2.50. The maximum atomic E-state index is 12.8. The smallest absolute Gasteiger partial charge is 0.263 e. The van der Waals surface area contributed by atoms with Crippen molar-refractivity contribution in [3.63, 3.8) is 0 Å². The summed E-state index contributed by atoms with van der Waals surface area (Å²) < 4.78 is 53.2. The van der Waals surface area contributed by atoms with Crippen molar-refractivity contribution in [2.45, 2.75) is 24.8 Å². The fourth-order valence-electron chi connectivity index (χ4n) is 3.08. The summed E-state index contributed by atoms with van der Waals surface area (Å²) in [5.41, 5.74) is 1.64. The van der Waals surface area contributed by atoms with Crippen LogP contribution in [0.3, 0.4) is 0 Å². The molecule has 2 N–H and O–H groups in total. The fraction of sp³-hybridized carbons (Fsp3) is 0.182. The summed E-state index contributed by atoms with van der Waals surface area (Å²) in [7, 11) is -7.60. The van der Waals surface area contributed by atoms with Gasteiger partial charge in [-0.1, -0.05) is 23.8 Å². The van der Waals surface area contributed by atoms with Gasteiger partial charge in [-0.3, -0.25) is 13.8 Å². The van der Waals surface area contributed by atoms with E-state index in [1.165, 1.54) is 43.5 Å². The summed E-state index contributed by atoms with van der Waals surface area (Å²) in [5, 5.41) is 2.63. The Balaban J connectivity index is 1.76. The Hall–Kier alpha value is -3.44. The Morgan fingerprint density at radius 2 is 1.58 bits per heavy atom. The van der Waals surface area contributed by atoms with Crippen LogP contribution in [0.5, 0.6) is 0 Å². The molecule has 1 unspecified atom stereocenters. The molecule has 0 bridgehead atoms. The average Bonchev–Trinajstić information content (AvgIpc) is 2.75. The number of anilines is 3. The molecule has 0 aliphatic rings. The van der Waals surface area contributed by atoms with E-state index < -0.39 is 32.0 Å². The molecule has 1 amide bonds. The lowest BCUT2D eigenvalue weighted by molar-refractivity contribution is -0.116. The average molecular weight is 489 g/mol. The molecule has 9 nitrogen and oxygen atoms in total. The third-order valence-electron chi connectivity index (χ3n) is 4.71. The second-order valence-corrected chi connectivity index (χ2v) is 10.9. The Morgan fingerprint density at radius 1 is 0.939 bits per heavy atom. The van der Waals surface area contributed by atoms with E-state index in [9.17, 15) is 21.6 Å². The number of rotatable bonds is 8. The van der Waals surface area contributed by atoms with E-state index in [0.717, 1.165) is 16.1 Å². The standard InChI is InChI=1S/C22H24N4O5S2/c1-16-7-11-19(12-8-16)26(32(3,28)29)17(2)22(27)24-18-9-13-20(14-10-18)33(30,31)25-21-6-4-5-15-23-21/h4-15,17H,1-3H3,(H,23,25)(H,24,27). The van der Waals surface area contributed by atoms with Crippen LogP contribution in [0.2, 0.25) is 0 Å². The number of carbonyl (C=O) groups is 1. The first-order valence-corrected chi connectivity index (χ1v) is 13.2. The molecule has 0 saturated heterocycles. The van der Waals surface area contributed by atoms with E-state index in [1.54, 1.807) is 36.4 Å². The lowest BCUT2D eigenvalue weighted by Crippen LogP contribution is -2.45. The zero-order valence-corrected chi connectivity index (χ0v) is 19.9. The van der Waals surface area contributed by atoms with E-state index in [0.29, 0.717) is 11.4 Å². The number of aromatic nitrogens is 1. The van der Waals surface area contributed by atoms with Gasteiger partial charge >= 0.3 is 0 Å². The largest absolute Gasteiger partial charge is 0.324 e. The monoisotopic (exact) mass is 488 g/mol. The maximum absolute atomic E-state index is 12.8. The number of aryl methyl sites for hydroxylation is 1. The fourth-order valence-corrected chi connectivity index (χ4v) is 5.27. The van der Waals surface area contributed by atoms with E-state index in [-0.39, 0.29) is 10.7 Å². The van der Waals surface area contributed by atoms with Crippen molar-refractivity contribution in [2.75, 3.05) is 20.6 Å². The van der Waals surface area contributed by atoms with Crippen molar-refractivity contribution in [1.29, 1.82) is 0 Å². The Morgan fingerprint density at radius 3 is 2.12 bits per heavy atom. The van der Waals surface area contributed by atoms with Gasteiger partial charge in [0.15, 0.2) is 0 Å². The number of carbonyl (C=O) groups excluding carboxylic acids is 1. The molecule has 0 aliphatic carbocycles. The zero-order chi connectivity index (χ0) is 24.2. The predicted octanol–water partition coefficient (Wildman–Crippen LogP) is 2.98. The minimum atomic E-state index is -3.86. The first-order chi connectivity index (χ1) is 15.5. The Labute approximate surface area is 193 Å². The van der Waals surface area contributed by atoms with E-state index in [4.69, 9.17) is 0 Å². The number of amides is 1. The van der Waals surface area contributed by atoms with Gasteiger partial charge in [0.25, 0.3) is 10.0 Å². The molecule has 174 valence electrons. The second-order valence-electron chi connectivity index (χ2n) is 7.40. The number of benzene rings is 2. The highest BCUT2D eigenvalue weighted by Gasteiger charge is 2.29. The highest BCUT2D eigenvalue weighted by molar-refractivity contribution is 7.92. The van der Waals surface area contributed by atoms with Crippen molar-refractivity contribution >= 4 is 43.1 Å². The van der Waals surface area contributed by atoms with E-state index >= 15 is 0 Å². The molecule has 11 heteroatoms. The van der Waals surface area contributed by atoms with Crippen LogP contribution in [-0.4, -0.2) is 40.0 Å². The molecule has 3 aromatic rings. The molecule has 2 aromatic carbocycles. The molecule has 0 saturated carbocycles. The van der Waals surface area contributed by atoms with Crippen LogP contribution in [0, 0.1) is 6.92 Å². The van der Waals surface area contributed by atoms with Crippen LogP contribution < -0.4 is 14.3 Å². The molecule has 1 aromatic heterocycles. The molecule has 1 heterocycles. The minimum Gasteiger partial charge on any atom is -0.324 e. The van der Waals surface area contributed by atoms with Gasteiger partial charge in [-0.25, -0.2) is 21.8 Å². The van der Waals surface area contributed by atoms with Crippen LogP contribution in [-0.2, 0) is 24.8 Å². The van der Waals surface area contributed by atoms with Crippen molar-refractivity contribution in [2.24, 2.45) is 0 Å². The van der Waals surface area contributed by atoms with Gasteiger partial charge in [0.2, 0.25) is 15.9 Å². The second kappa shape index (κ2) is 9.59. The topological polar surface area (TPSA) is 126 Å². The quantitative estimate of drug-likeness (QED) is 0.502. The number of nitrogens with one attached hydrogen (secondary N) is 2. The third kappa shape index (κ3) is 6.08. The zero-order valence-electron chi connectivity index (χ0n) is 18.3. The molecule has 0 aliphatic heterocycles. The number of pyridine rings is 1. The van der Waals surface area contributed by atoms with Gasteiger partial charge in [0.05, 0.1) is 16.8 Å². The summed E-state index contributed by atoms with van der Waals surface area (Å²) in [5.74, 6) is -0.385. The summed E-state index contributed by atoms with van der Waals surface area (Å²) in [4.78, 5) is 16.7. The highest BCUT2D eigenvalue weighted by Crippen LogP contribution is 2.23. The maximum Gasteiger partial charge on any atom is 0.263 e. The molecule has 1 atom stereocenters. The van der Waals surface area contributed by atoms with Crippen molar-refractivity contribution in [3.05, 3.63) is 78.5 Å². The van der Waals surface area contributed by atoms with Gasteiger partial charge in [-0.2, -0.15) is 0 Å². The summed E-state index contributed by atoms with van der Waals surface area (Å²) in [6.45, 7) is 3.35. The molecule has 0 fully saturated rings. The van der Waals surface area contributed by atoms with Gasteiger partial charge in [-0.05, 0) is 62.4 Å². The highest BCUT2D eigenvalue weighted by atomic mass is 32.2. The number of sulfonamides is 2. The first kappa shape index (κ1) is 24.2. The lowest BCUT2D eigenvalue weighted by atomic mass is 10.2. The van der Waals surface area contributed by atoms with E-state index in [1.807, 2.05) is 6.92 Å². The molecule has 3 rings (SSSR count).